The molecule has 0 spiro atoms. The van der Waals surface area contributed by atoms with Gasteiger partial charge in [0.1, 0.15) is 11.8 Å². The summed E-state index contributed by atoms with van der Waals surface area (Å²) in [7, 11) is 0. The largest absolute Gasteiger partial charge is 0.365 e. The number of hydrogen-bond acceptors (Lipinski definition) is 3. The molecule has 1 aromatic rings. The maximum Gasteiger partial charge on any atom is 0.253 e. The highest BCUT2D eigenvalue weighted by Gasteiger charge is 2.20. The predicted octanol–water partition coefficient (Wildman–Crippen LogP) is 1.51. The Hall–Kier alpha value is -1.32. The van der Waals surface area contributed by atoms with E-state index < -0.39 is 5.91 Å². The molecule has 1 fully saturated rings. The minimum atomic E-state index is -0.445. The molecule has 0 aromatic carbocycles. The van der Waals surface area contributed by atoms with Gasteiger partial charge in [0.05, 0.1) is 5.69 Å². The van der Waals surface area contributed by atoms with E-state index in [9.17, 15) is 4.79 Å². The molecule has 1 aliphatic rings. The van der Waals surface area contributed by atoms with Gasteiger partial charge in [0.25, 0.3) is 5.91 Å². The summed E-state index contributed by atoms with van der Waals surface area (Å²) in [5, 5.41) is 3.83. The molecule has 0 atom stereocenters. The Balaban J connectivity index is 2.07. The molecule has 0 bridgehead atoms. The van der Waals surface area contributed by atoms with Crippen LogP contribution in [0.25, 0.3) is 0 Å². The third-order valence-electron chi connectivity index (χ3n) is 2.87. The zero-order valence-electron chi connectivity index (χ0n) is 8.03. The minimum Gasteiger partial charge on any atom is -0.365 e. The van der Waals surface area contributed by atoms with Gasteiger partial charge in [-0.25, -0.2) is 0 Å². The normalized spacial score (nSPS) is 17.4. The molecule has 1 heterocycles. The van der Waals surface area contributed by atoms with Crippen molar-refractivity contribution in [1.29, 1.82) is 0 Å². The number of aromatic nitrogens is 1. The number of hydrogen-bond donors (Lipinski definition) is 1. The van der Waals surface area contributed by atoms with Crippen LogP contribution in [0.15, 0.2) is 10.8 Å². The van der Waals surface area contributed by atoms with Crippen LogP contribution in [-0.4, -0.2) is 11.1 Å². The Labute approximate surface area is 82.4 Å². The molecule has 4 nitrogen and oxygen atoms in total. The third kappa shape index (κ3) is 1.78. The van der Waals surface area contributed by atoms with Crippen LogP contribution in [0, 0.1) is 5.92 Å². The lowest BCUT2D eigenvalue weighted by molar-refractivity contribution is 0.0999. The van der Waals surface area contributed by atoms with Crippen LogP contribution in [0.1, 0.15) is 41.7 Å². The Morgan fingerprint density at radius 2 is 2.29 bits per heavy atom. The van der Waals surface area contributed by atoms with E-state index in [-0.39, 0.29) is 0 Å². The first-order valence-corrected chi connectivity index (χ1v) is 5.00. The molecule has 14 heavy (non-hydrogen) atoms. The van der Waals surface area contributed by atoms with Gasteiger partial charge in [0, 0.05) is 0 Å². The monoisotopic (exact) mass is 194 g/mol. The molecule has 1 saturated carbocycles. The van der Waals surface area contributed by atoms with E-state index in [0.717, 1.165) is 12.1 Å². The quantitative estimate of drug-likeness (QED) is 0.792. The highest BCUT2D eigenvalue weighted by molar-refractivity contribution is 5.93. The Kier molecular flexibility index (Phi) is 2.52. The van der Waals surface area contributed by atoms with Crippen LogP contribution in [0.3, 0.4) is 0 Å². The number of amides is 1. The van der Waals surface area contributed by atoms with Gasteiger partial charge in [-0.05, 0) is 12.3 Å². The van der Waals surface area contributed by atoms with Crippen molar-refractivity contribution in [2.75, 3.05) is 0 Å². The predicted molar refractivity (Wildman–Crippen MR) is 50.7 cm³/mol. The van der Waals surface area contributed by atoms with Crippen molar-refractivity contribution in [3.8, 4) is 0 Å². The summed E-state index contributed by atoms with van der Waals surface area (Å²) in [4.78, 5) is 11.0. The summed E-state index contributed by atoms with van der Waals surface area (Å²) in [5.74, 6) is 0.206. The summed E-state index contributed by atoms with van der Waals surface area (Å²) in [6, 6.07) is 0. The van der Waals surface area contributed by atoms with Gasteiger partial charge >= 0.3 is 0 Å². The molecule has 1 aromatic heterocycles. The summed E-state index contributed by atoms with van der Waals surface area (Å²) < 4.78 is 4.77. The fourth-order valence-electron chi connectivity index (χ4n) is 2.10. The molecule has 2 rings (SSSR count). The molecule has 4 heteroatoms. The lowest BCUT2D eigenvalue weighted by atomic mass is 10.00. The second kappa shape index (κ2) is 3.82. The van der Waals surface area contributed by atoms with Crippen LogP contribution in [0.2, 0.25) is 0 Å². The van der Waals surface area contributed by atoms with Crippen LogP contribution >= 0.6 is 0 Å². The van der Waals surface area contributed by atoms with Crippen LogP contribution in [-0.2, 0) is 6.42 Å². The molecule has 2 N–H and O–H groups in total. The van der Waals surface area contributed by atoms with E-state index in [4.69, 9.17) is 10.3 Å². The summed E-state index contributed by atoms with van der Waals surface area (Å²) in [6.45, 7) is 0. The van der Waals surface area contributed by atoms with Crippen molar-refractivity contribution in [2.24, 2.45) is 11.7 Å². The van der Waals surface area contributed by atoms with Gasteiger partial charge in [-0.15, -0.1) is 0 Å². The minimum absolute atomic E-state index is 0.442. The maximum absolute atomic E-state index is 11.0. The van der Waals surface area contributed by atoms with Gasteiger partial charge in [-0.3, -0.25) is 4.79 Å². The smallest absolute Gasteiger partial charge is 0.253 e. The molecule has 0 saturated heterocycles. The molecule has 1 aliphatic carbocycles. The molecule has 0 unspecified atom stereocenters. The molecule has 0 radical (unpaired) electrons. The first-order chi connectivity index (χ1) is 6.77. The first kappa shape index (κ1) is 9.24. The number of rotatable bonds is 3. The SMILES string of the molecule is NC(=O)c1conc1CC1CCCC1. The van der Waals surface area contributed by atoms with Gasteiger partial charge in [0.15, 0.2) is 0 Å². The number of primary amides is 1. The van der Waals surface area contributed by atoms with Crippen molar-refractivity contribution in [2.45, 2.75) is 32.1 Å². The van der Waals surface area contributed by atoms with Crippen molar-refractivity contribution in [3.05, 3.63) is 17.5 Å². The fraction of sp³-hybridized carbons (Fsp3) is 0.600. The number of nitrogens with two attached hydrogens (primary N) is 1. The average molecular weight is 194 g/mol. The van der Waals surface area contributed by atoms with Gasteiger partial charge in [-0.2, -0.15) is 0 Å². The second-order valence-corrected chi connectivity index (χ2v) is 3.89. The third-order valence-corrected chi connectivity index (χ3v) is 2.87. The zero-order valence-corrected chi connectivity index (χ0v) is 8.03. The van der Waals surface area contributed by atoms with Gasteiger partial charge in [-0.1, -0.05) is 30.8 Å². The highest BCUT2D eigenvalue weighted by Crippen LogP contribution is 2.28. The standard InChI is InChI=1S/C10H14N2O2/c11-10(13)8-6-14-12-9(8)5-7-3-1-2-4-7/h6-7H,1-5H2,(H2,11,13). The fourth-order valence-corrected chi connectivity index (χ4v) is 2.10. The molecule has 76 valence electrons. The van der Waals surface area contributed by atoms with E-state index in [1.807, 2.05) is 0 Å². The molecular formula is C10H14N2O2. The Bertz CT molecular complexity index is 327. The van der Waals surface area contributed by atoms with E-state index in [1.165, 1.54) is 31.9 Å². The van der Waals surface area contributed by atoms with Crippen molar-refractivity contribution < 1.29 is 9.32 Å². The Morgan fingerprint density at radius 1 is 1.57 bits per heavy atom. The van der Waals surface area contributed by atoms with E-state index in [2.05, 4.69) is 5.16 Å². The summed E-state index contributed by atoms with van der Waals surface area (Å²) >= 11 is 0. The van der Waals surface area contributed by atoms with Crippen molar-refractivity contribution in [1.82, 2.24) is 5.16 Å². The van der Waals surface area contributed by atoms with Gasteiger partial charge in [0.2, 0.25) is 0 Å². The lowest BCUT2D eigenvalue weighted by Gasteiger charge is -2.05. The highest BCUT2D eigenvalue weighted by atomic mass is 16.5. The summed E-state index contributed by atoms with van der Waals surface area (Å²) in [6.07, 6.45) is 7.19. The Morgan fingerprint density at radius 3 is 2.93 bits per heavy atom. The van der Waals surface area contributed by atoms with Crippen molar-refractivity contribution >= 4 is 5.91 Å². The zero-order chi connectivity index (χ0) is 9.97. The van der Waals surface area contributed by atoms with Crippen molar-refractivity contribution in [3.63, 3.8) is 0 Å². The molecule has 1 amide bonds. The number of carbonyl (C=O) groups excluding carboxylic acids is 1. The lowest BCUT2D eigenvalue weighted by Crippen LogP contribution is -2.13. The van der Waals surface area contributed by atoms with E-state index in [1.54, 1.807) is 0 Å². The van der Waals surface area contributed by atoms with E-state index in [0.29, 0.717) is 11.5 Å². The van der Waals surface area contributed by atoms with Crippen LogP contribution in [0.4, 0.5) is 0 Å². The van der Waals surface area contributed by atoms with Crippen LogP contribution < -0.4 is 5.73 Å². The first-order valence-electron chi connectivity index (χ1n) is 5.00. The van der Waals surface area contributed by atoms with Gasteiger partial charge < -0.3 is 10.3 Å². The average Bonchev–Trinajstić information content (AvgIpc) is 2.75. The molecular weight excluding hydrogens is 180 g/mol. The van der Waals surface area contributed by atoms with Crippen LogP contribution in [0.5, 0.6) is 0 Å². The second-order valence-electron chi connectivity index (χ2n) is 3.89. The number of carbonyl (C=O) groups is 1. The number of nitrogens with zero attached hydrogens (tertiary/aromatic N) is 1. The maximum atomic E-state index is 11.0. The summed E-state index contributed by atoms with van der Waals surface area (Å²) in [5.41, 5.74) is 6.36. The topological polar surface area (TPSA) is 69.1 Å². The molecule has 0 aliphatic heterocycles. The van der Waals surface area contributed by atoms with E-state index >= 15 is 0 Å².